The summed E-state index contributed by atoms with van der Waals surface area (Å²) in [5.74, 6) is -0.0414. The van der Waals surface area contributed by atoms with Gasteiger partial charge in [0.15, 0.2) is 0 Å². The Morgan fingerprint density at radius 1 is 1.25 bits per heavy atom. The Balaban J connectivity index is 2.24. The molecule has 3 amide bonds. The average Bonchev–Trinajstić information content (AvgIpc) is 3.04. The van der Waals surface area contributed by atoms with Gasteiger partial charge in [0, 0.05) is 21.8 Å². The van der Waals surface area contributed by atoms with Gasteiger partial charge in [-0.15, -0.1) is 11.3 Å². The molecular formula is C17H20ClN3O5S2. The first kappa shape index (κ1) is 22.0. The molecule has 1 atom stereocenters. The maximum absolute atomic E-state index is 12.6. The van der Waals surface area contributed by atoms with Gasteiger partial charge in [0.05, 0.1) is 18.7 Å². The molecule has 0 fully saturated rings. The minimum absolute atomic E-state index is 0.0162. The van der Waals surface area contributed by atoms with E-state index in [0.717, 1.165) is 0 Å². The summed E-state index contributed by atoms with van der Waals surface area (Å²) in [7, 11) is -1.25. The van der Waals surface area contributed by atoms with Crippen molar-refractivity contribution in [1.29, 1.82) is 0 Å². The fourth-order valence-corrected chi connectivity index (χ4v) is 5.14. The summed E-state index contributed by atoms with van der Waals surface area (Å²) in [6, 6.07) is 4.81. The number of aryl methyl sites for hydroxylation is 1. The number of nitrogens with one attached hydrogen (secondary N) is 3. The number of hydrogen-bond donors (Lipinski definition) is 3. The second kappa shape index (κ2) is 8.80. The van der Waals surface area contributed by atoms with Crippen LogP contribution >= 0.6 is 22.9 Å². The first-order valence-corrected chi connectivity index (χ1v) is 10.8. The quantitative estimate of drug-likeness (QED) is 0.632. The maximum Gasteiger partial charge on any atom is 0.328 e. The van der Waals surface area contributed by atoms with Crippen LogP contribution in [0.5, 0.6) is 5.75 Å². The van der Waals surface area contributed by atoms with Crippen LogP contribution in [0.4, 0.5) is 4.79 Å². The fourth-order valence-electron chi connectivity index (χ4n) is 2.40. The smallest absolute Gasteiger partial charge is 0.328 e. The number of ether oxygens (including phenoxy) is 1. The Bertz CT molecular complexity index is 1000. The van der Waals surface area contributed by atoms with E-state index in [9.17, 15) is 18.0 Å². The number of rotatable bonds is 6. The number of carbonyl (C=O) groups excluding carboxylic acids is 2. The van der Waals surface area contributed by atoms with Crippen molar-refractivity contribution in [3.05, 3.63) is 44.6 Å². The zero-order chi connectivity index (χ0) is 21.1. The lowest BCUT2D eigenvalue weighted by Crippen LogP contribution is -2.37. The topological polar surface area (TPSA) is 114 Å². The van der Waals surface area contributed by atoms with Crippen molar-refractivity contribution in [3.8, 4) is 5.75 Å². The number of benzene rings is 1. The Hall–Kier alpha value is -2.30. The number of sulfonamides is 1. The van der Waals surface area contributed by atoms with E-state index in [-0.39, 0.29) is 10.5 Å². The van der Waals surface area contributed by atoms with Crippen LogP contribution in [0.1, 0.15) is 33.1 Å². The van der Waals surface area contributed by atoms with E-state index in [2.05, 4.69) is 10.6 Å². The van der Waals surface area contributed by atoms with E-state index < -0.39 is 28.0 Å². The highest BCUT2D eigenvalue weighted by atomic mass is 35.5. The lowest BCUT2D eigenvalue weighted by molar-refractivity contribution is 0.0937. The van der Waals surface area contributed by atoms with Crippen molar-refractivity contribution < 1.29 is 22.7 Å². The van der Waals surface area contributed by atoms with Crippen LogP contribution in [0.3, 0.4) is 0 Å². The van der Waals surface area contributed by atoms with Gasteiger partial charge in [-0.1, -0.05) is 11.6 Å². The molecule has 0 aliphatic heterocycles. The Morgan fingerprint density at radius 2 is 1.93 bits per heavy atom. The molecule has 1 aromatic carbocycles. The van der Waals surface area contributed by atoms with E-state index in [1.165, 1.54) is 37.6 Å². The van der Waals surface area contributed by atoms with Crippen LogP contribution in [-0.4, -0.2) is 34.5 Å². The molecule has 0 aliphatic rings. The molecule has 28 heavy (non-hydrogen) atoms. The number of urea groups is 1. The van der Waals surface area contributed by atoms with Gasteiger partial charge < -0.3 is 15.4 Å². The highest BCUT2D eigenvalue weighted by molar-refractivity contribution is 7.90. The van der Waals surface area contributed by atoms with Crippen molar-refractivity contribution in [2.75, 3.05) is 14.2 Å². The van der Waals surface area contributed by atoms with Crippen LogP contribution in [-0.2, 0) is 10.0 Å². The lowest BCUT2D eigenvalue weighted by Gasteiger charge is -2.14. The number of amides is 3. The van der Waals surface area contributed by atoms with Gasteiger partial charge in [-0.25, -0.2) is 17.9 Å². The van der Waals surface area contributed by atoms with Crippen molar-refractivity contribution >= 4 is 44.9 Å². The standard InChI is InChI=1S/C17H20ClN3O5S2/c1-9(20-16(22)12-7-11(18)5-6-13(12)26-4)14-8-15(10(2)27-14)28(24,25)21-17(23)19-3/h5-9H,1-4H3,(H,20,22)(H2,19,21,23). The molecule has 0 aliphatic carbocycles. The average molecular weight is 446 g/mol. The van der Waals surface area contributed by atoms with E-state index in [1.807, 2.05) is 4.72 Å². The maximum atomic E-state index is 12.6. The molecule has 8 nitrogen and oxygen atoms in total. The zero-order valence-electron chi connectivity index (χ0n) is 15.6. The van der Waals surface area contributed by atoms with Crippen molar-refractivity contribution in [3.63, 3.8) is 0 Å². The second-order valence-corrected chi connectivity index (χ2v) is 9.17. The van der Waals surface area contributed by atoms with Crippen LogP contribution < -0.4 is 20.1 Å². The third-order valence-corrected chi connectivity index (χ3v) is 6.87. The SMILES string of the molecule is CNC(=O)NS(=O)(=O)c1cc(C(C)NC(=O)c2cc(Cl)ccc2OC)sc1C. The monoisotopic (exact) mass is 445 g/mol. The van der Waals surface area contributed by atoms with Gasteiger partial charge >= 0.3 is 6.03 Å². The number of methoxy groups -OCH3 is 1. The third kappa shape index (κ3) is 4.94. The van der Waals surface area contributed by atoms with Crippen molar-refractivity contribution in [2.45, 2.75) is 24.8 Å². The summed E-state index contributed by atoms with van der Waals surface area (Å²) in [6.07, 6.45) is 0. The Labute approximate surface area is 172 Å². The molecular weight excluding hydrogens is 426 g/mol. The van der Waals surface area contributed by atoms with Crippen LogP contribution in [0.15, 0.2) is 29.2 Å². The molecule has 2 rings (SSSR count). The molecule has 0 bridgehead atoms. The minimum atomic E-state index is -4.01. The Kier molecular flexibility index (Phi) is 6.91. The summed E-state index contributed by atoms with van der Waals surface area (Å²) in [5, 5.41) is 5.38. The normalized spacial score (nSPS) is 12.2. The number of halogens is 1. The molecule has 1 unspecified atom stereocenters. The molecule has 3 N–H and O–H groups in total. The minimum Gasteiger partial charge on any atom is -0.496 e. The lowest BCUT2D eigenvalue weighted by atomic mass is 10.1. The summed E-state index contributed by atoms with van der Waals surface area (Å²) in [6.45, 7) is 3.35. The fraction of sp³-hybridized carbons (Fsp3) is 0.294. The number of thiophene rings is 1. The van der Waals surface area contributed by atoms with Crippen LogP contribution in [0, 0.1) is 6.92 Å². The van der Waals surface area contributed by atoms with Gasteiger partial charge in [0.25, 0.3) is 15.9 Å². The van der Waals surface area contributed by atoms with Gasteiger partial charge in [-0.3, -0.25) is 4.79 Å². The van der Waals surface area contributed by atoms with E-state index in [1.54, 1.807) is 26.0 Å². The molecule has 1 heterocycles. The highest BCUT2D eigenvalue weighted by Gasteiger charge is 2.24. The number of carbonyl (C=O) groups is 2. The van der Waals surface area contributed by atoms with Gasteiger partial charge in [-0.2, -0.15) is 0 Å². The predicted molar refractivity (Wildman–Crippen MR) is 108 cm³/mol. The Morgan fingerprint density at radius 3 is 2.54 bits per heavy atom. The number of hydrogen-bond acceptors (Lipinski definition) is 6. The largest absolute Gasteiger partial charge is 0.496 e. The van der Waals surface area contributed by atoms with E-state index >= 15 is 0 Å². The molecule has 0 saturated carbocycles. The first-order valence-electron chi connectivity index (χ1n) is 8.08. The molecule has 2 aromatic rings. The zero-order valence-corrected chi connectivity index (χ0v) is 18.0. The predicted octanol–water partition coefficient (Wildman–Crippen LogP) is 2.83. The van der Waals surface area contributed by atoms with Gasteiger partial charge in [0.2, 0.25) is 0 Å². The molecule has 0 radical (unpaired) electrons. The van der Waals surface area contributed by atoms with Crippen LogP contribution in [0.2, 0.25) is 5.02 Å². The summed E-state index contributed by atoms with van der Waals surface area (Å²) < 4.78 is 31.8. The summed E-state index contributed by atoms with van der Waals surface area (Å²) >= 11 is 7.17. The van der Waals surface area contributed by atoms with E-state index in [4.69, 9.17) is 16.3 Å². The van der Waals surface area contributed by atoms with Gasteiger partial charge in [0.1, 0.15) is 10.6 Å². The van der Waals surface area contributed by atoms with Crippen LogP contribution in [0.25, 0.3) is 0 Å². The summed E-state index contributed by atoms with van der Waals surface area (Å²) in [4.78, 5) is 25.1. The van der Waals surface area contributed by atoms with Crippen molar-refractivity contribution in [1.82, 2.24) is 15.4 Å². The highest BCUT2D eigenvalue weighted by Crippen LogP contribution is 2.30. The molecule has 0 saturated heterocycles. The van der Waals surface area contributed by atoms with Gasteiger partial charge in [-0.05, 0) is 38.1 Å². The third-order valence-electron chi connectivity index (χ3n) is 3.82. The molecule has 0 spiro atoms. The summed E-state index contributed by atoms with van der Waals surface area (Å²) in [5.41, 5.74) is 0.268. The van der Waals surface area contributed by atoms with Crippen molar-refractivity contribution in [2.24, 2.45) is 0 Å². The molecule has 11 heteroatoms. The first-order chi connectivity index (χ1) is 13.1. The molecule has 152 valence electrons. The second-order valence-electron chi connectivity index (χ2n) is 5.79. The molecule has 1 aromatic heterocycles. The van der Waals surface area contributed by atoms with E-state index in [0.29, 0.717) is 20.5 Å².